The molecule has 5 nitrogen and oxygen atoms in total. The van der Waals surface area contributed by atoms with Gasteiger partial charge in [-0.3, -0.25) is 4.79 Å². The van der Waals surface area contributed by atoms with Crippen LogP contribution < -0.4 is 5.73 Å². The summed E-state index contributed by atoms with van der Waals surface area (Å²) in [6, 6.07) is 6.72. The van der Waals surface area contributed by atoms with Crippen LogP contribution in [0.15, 0.2) is 33.6 Å². The van der Waals surface area contributed by atoms with E-state index < -0.39 is 10.0 Å². The second-order valence-corrected chi connectivity index (χ2v) is 7.27. The van der Waals surface area contributed by atoms with Gasteiger partial charge in [-0.25, -0.2) is 8.42 Å². The molecule has 1 heterocycles. The van der Waals surface area contributed by atoms with E-state index in [2.05, 4.69) is 15.9 Å². The molecule has 104 valence electrons. The van der Waals surface area contributed by atoms with Crippen molar-refractivity contribution in [3.05, 3.63) is 28.7 Å². The topological polar surface area (TPSA) is 80.5 Å². The van der Waals surface area contributed by atoms with Gasteiger partial charge >= 0.3 is 0 Å². The van der Waals surface area contributed by atoms with Gasteiger partial charge in [-0.15, -0.1) is 0 Å². The number of carbonyl (C=O) groups excluding carboxylic acids is 1. The maximum Gasteiger partial charge on any atom is 0.244 e. The number of rotatable bonds is 3. The van der Waals surface area contributed by atoms with Gasteiger partial charge in [0.15, 0.2) is 0 Å². The van der Waals surface area contributed by atoms with E-state index >= 15 is 0 Å². The van der Waals surface area contributed by atoms with E-state index in [1.165, 1.54) is 4.31 Å². The minimum absolute atomic E-state index is 0.217. The number of hydrogen-bond acceptors (Lipinski definition) is 3. The SMILES string of the molecule is NC(=O)C1CCN(S(=O)(=O)c2ccccc2Br)CC1. The molecule has 1 fully saturated rings. The molecule has 0 bridgehead atoms. The number of hydrogen-bond donors (Lipinski definition) is 1. The summed E-state index contributed by atoms with van der Waals surface area (Å²) in [5.74, 6) is -0.566. The van der Waals surface area contributed by atoms with Crippen LogP contribution in [-0.4, -0.2) is 31.7 Å². The van der Waals surface area contributed by atoms with Crippen LogP contribution in [-0.2, 0) is 14.8 Å². The van der Waals surface area contributed by atoms with E-state index in [1.807, 2.05) is 0 Å². The van der Waals surface area contributed by atoms with Gasteiger partial charge in [0, 0.05) is 23.5 Å². The quantitative estimate of drug-likeness (QED) is 0.896. The molecule has 2 rings (SSSR count). The summed E-state index contributed by atoms with van der Waals surface area (Å²) in [6.45, 7) is 0.661. The average Bonchev–Trinajstić information content (AvgIpc) is 2.39. The van der Waals surface area contributed by atoms with Gasteiger partial charge in [-0.05, 0) is 40.9 Å². The maximum absolute atomic E-state index is 12.5. The molecule has 1 aromatic rings. The molecule has 0 unspecified atom stereocenters. The zero-order chi connectivity index (χ0) is 14.0. The van der Waals surface area contributed by atoms with Crippen LogP contribution in [0.4, 0.5) is 0 Å². The molecule has 1 aliphatic heterocycles. The van der Waals surface area contributed by atoms with E-state index in [9.17, 15) is 13.2 Å². The smallest absolute Gasteiger partial charge is 0.244 e. The summed E-state index contributed by atoms with van der Waals surface area (Å²) in [5, 5.41) is 0. The third-order valence-electron chi connectivity index (χ3n) is 3.31. The lowest BCUT2D eigenvalue weighted by Crippen LogP contribution is -2.41. The van der Waals surface area contributed by atoms with E-state index in [1.54, 1.807) is 24.3 Å². The molecule has 7 heteroatoms. The molecule has 0 atom stereocenters. The van der Waals surface area contributed by atoms with Crippen LogP contribution >= 0.6 is 15.9 Å². The zero-order valence-electron chi connectivity index (χ0n) is 10.3. The number of benzene rings is 1. The fraction of sp³-hybridized carbons (Fsp3) is 0.417. The zero-order valence-corrected chi connectivity index (χ0v) is 12.7. The van der Waals surface area contributed by atoms with Gasteiger partial charge in [0.25, 0.3) is 0 Å². The number of nitrogens with two attached hydrogens (primary N) is 1. The number of carbonyl (C=O) groups is 1. The Bertz CT molecular complexity index is 580. The van der Waals surface area contributed by atoms with Crippen molar-refractivity contribution in [2.75, 3.05) is 13.1 Å². The highest BCUT2D eigenvalue weighted by Gasteiger charge is 2.32. The van der Waals surface area contributed by atoms with Gasteiger partial charge < -0.3 is 5.73 Å². The Balaban J connectivity index is 2.19. The van der Waals surface area contributed by atoms with Crippen molar-refractivity contribution >= 4 is 31.9 Å². The first-order chi connectivity index (χ1) is 8.93. The minimum Gasteiger partial charge on any atom is -0.369 e. The van der Waals surface area contributed by atoms with Gasteiger partial charge in [-0.1, -0.05) is 12.1 Å². The predicted octanol–water partition coefficient (Wildman–Crippen LogP) is 1.34. The van der Waals surface area contributed by atoms with Crippen LogP contribution in [0.25, 0.3) is 0 Å². The number of halogens is 1. The third kappa shape index (κ3) is 2.98. The predicted molar refractivity (Wildman–Crippen MR) is 74.8 cm³/mol. The highest BCUT2D eigenvalue weighted by molar-refractivity contribution is 9.10. The number of sulfonamides is 1. The molecule has 2 N–H and O–H groups in total. The normalized spacial score (nSPS) is 18.4. The first kappa shape index (κ1) is 14.5. The Labute approximate surface area is 121 Å². The van der Waals surface area contributed by atoms with Crippen molar-refractivity contribution < 1.29 is 13.2 Å². The lowest BCUT2D eigenvalue weighted by molar-refractivity contribution is -0.122. The standard InChI is InChI=1S/C12H15BrN2O3S/c13-10-3-1-2-4-11(10)19(17,18)15-7-5-9(6-8-15)12(14)16/h1-4,9H,5-8H2,(H2,14,16). The highest BCUT2D eigenvalue weighted by Crippen LogP contribution is 2.28. The van der Waals surface area contributed by atoms with Gasteiger partial charge in [0.2, 0.25) is 15.9 Å². The molecule has 0 radical (unpaired) electrons. The van der Waals surface area contributed by atoms with Crippen molar-refractivity contribution in [2.24, 2.45) is 11.7 Å². The molecule has 19 heavy (non-hydrogen) atoms. The summed E-state index contributed by atoms with van der Waals surface area (Å²) in [7, 11) is -3.51. The van der Waals surface area contributed by atoms with Crippen LogP contribution in [0.3, 0.4) is 0 Å². The van der Waals surface area contributed by atoms with Gasteiger partial charge in [0.1, 0.15) is 0 Å². The summed E-state index contributed by atoms with van der Waals surface area (Å²) >= 11 is 3.25. The molecule has 0 saturated carbocycles. The molecule has 0 spiro atoms. The van der Waals surface area contributed by atoms with Crippen molar-refractivity contribution in [3.63, 3.8) is 0 Å². The number of amides is 1. The van der Waals surface area contributed by atoms with E-state index in [4.69, 9.17) is 5.73 Å². The first-order valence-corrected chi connectivity index (χ1v) is 8.20. The summed E-state index contributed by atoms with van der Waals surface area (Å²) in [5.41, 5.74) is 5.24. The van der Waals surface area contributed by atoms with Crippen LogP contribution in [0, 0.1) is 5.92 Å². The van der Waals surface area contributed by atoms with Crippen LogP contribution in [0.5, 0.6) is 0 Å². The lowest BCUT2D eigenvalue weighted by Gasteiger charge is -2.29. The number of piperidine rings is 1. The van der Waals surface area contributed by atoms with E-state index in [0.717, 1.165) is 0 Å². The fourth-order valence-electron chi connectivity index (χ4n) is 2.17. The number of nitrogens with zero attached hydrogens (tertiary/aromatic N) is 1. The highest BCUT2D eigenvalue weighted by atomic mass is 79.9. The van der Waals surface area contributed by atoms with Crippen LogP contribution in [0.1, 0.15) is 12.8 Å². The first-order valence-electron chi connectivity index (χ1n) is 5.97. The van der Waals surface area contributed by atoms with Crippen molar-refractivity contribution in [1.29, 1.82) is 0 Å². The summed E-state index contributed by atoms with van der Waals surface area (Å²) < 4.78 is 26.9. The van der Waals surface area contributed by atoms with Gasteiger partial charge in [-0.2, -0.15) is 4.31 Å². The lowest BCUT2D eigenvalue weighted by atomic mass is 9.98. The minimum atomic E-state index is -3.51. The maximum atomic E-state index is 12.5. The Morgan fingerprint density at radius 1 is 1.26 bits per heavy atom. The summed E-state index contributed by atoms with van der Waals surface area (Å²) in [4.78, 5) is 11.3. The van der Waals surface area contributed by atoms with Crippen LogP contribution in [0.2, 0.25) is 0 Å². The molecule has 1 aliphatic rings. The van der Waals surface area contributed by atoms with E-state index in [-0.39, 0.29) is 16.7 Å². The number of primary amides is 1. The fourth-order valence-corrected chi connectivity index (χ4v) is 4.61. The molecule has 1 amide bonds. The van der Waals surface area contributed by atoms with Crippen molar-refractivity contribution in [2.45, 2.75) is 17.7 Å². The second kappa shape index (κ2) is 5.60. The van der Waals surface area contributed by atoms with E-state index in [0.29, 0.717) is 30.4 Å². The Morgan fingerprint density at radius 2 is 1.84 bits per heavy atom. The largest absolute Gasteiger partial charge is 0.369 e. The summed E-state index contributed by atoms with van der Waals surface area (Å²) in [6.07, 6.45) is 0.970. The third-order valence-corrected chi connectivity index (χ3v) is 6.22. The monoisotopic (exact) mass is 346 g/mol. The molecular formula is C12H15BrN2O3S. The second-order valence-electron chi connectivity index (χ2n) is 4.51. The average molecular weight is 347 g/mol. The molecular weight excluding hydrogens is 332 g/mol. The molecule has 0 aromatic heterocycles. The molecule has 0 aliphatic carbocycles. The Kier molecular flexibility index (Phi) is 4.27. The van der Waals surface area contributed by atoms with Crippen molar-refractivity contribution in [3.8, 4) is 0 Å². The Hall–Kier alpha value is -0.920. The molecule has 1 saturated heterocycles. The Morgan fingerprint density at radius 3 is 2.37 bits per heavy atom. The molecule has 1 aromatic carbocycles. The van der Waals surface area contributed by atoms with Crippen molar-refractivity contribution in [1.82, 2.24) is 4.31 Å². The van der Waals surface area contributed by atoms with Gasteiger partial charge in [0.05, 0.1) is 4.90 Å².